The van der Waals surface area contributed by atoms with Crippen LogP contribution in [-0.4, -0.2) is 26.2 Å². The van der Waals surface area contributed by atoms with Gasteiger partial charge in [-0.3, -0.25) is 4.79 Å². The minimum atomic E-state index is -2.91. The number of carbonyl (C=O) groups is 1. The summed E-state index contributed by atoms with van der Waals surface area (Å²) >= 11 is 0. The van der Waals surface area contributed by atoms with Crippen LogP contribution in [0.25, 0.3) is 6.08 Å². The molecule has 0 aliphatic heterocycles. The highest BCUT2D eigenvalue weighted by Crippen LogP contribution is 2.29. The molecule has 20 heavy (non-hydrogen) atoms. The van der Waals surface area contributed by atoms with Crippen LogP contribution in [0.2, 0.25) is 0 Å². The molecule has 1 rings (SSSR count). The van der Waals surface area contributed by atoms with Gasteiger partial charge in [-0.05, 0) is 30.2 Å². The van der Waals surface area contributed by atoms with Crippen LogP contribution in [0.4, 0.5) is 8.78 Å². The summed E-state index contributed by atoms with van der Waals surface area (Å²) in [5.41, 5.74) is 0.648. The van der Waals surface area contributed by atoms with Gasteiger partial charge in [0, 0.05) is 12.6 Å². The molecule has 0 radical (unpaired) electrons. The maximum Gasteiger partial charge on any atom is 0.387 e. The number of halogens is 2. The Morgan fingerprint density at radius 3 is 2.75 bits per heavy atom. The van der Waals surface area contributed by atoms with Gasteiger partial charge in [-0.2, -0.15) is 8.78 Å². The molecule has 0 spiro atoms. The number of methoxy groups -OCH3 is 1. The molecule has 0 saturated heterocycles. The van der Waals surface area contributed by atoms with E-state index in [0.29, 0.717) is 12.1 Å². The average Bonchev–Trinajstić information content (AvgIpc) is 2.43. The van der Waals surface area contributed by atoms with Crippen molar-refractivity contribution in [2.24, 2.45) is 0 Å². The Morgan fingerprint density at radius 2 is 2.15 bits per heavy atom. The van der Waals surface area contributed by atoms with Crippen LogP contribution in [0.5, 0.6) is 11.5 Å². The summed E-state index contributed by atoms with van der Waals surface area (Å²) in [7, 11) is 1.36. The zero-order valence-corrected chi connectivity index (χ0v) is 11.4. The van der Waals surface area contributed by atoms with Crippen LogP contribution in [0.1, 0.15) is 18.9 Å². The third-order valence-electron chi connectivity index (χ3n) is 2.38. The first-order chi connectivity index (χ1) is 9.56. The number of benzene rings is 1. The topological polar surface area (TPSA) is 47.6 Å². The molecule has 0 aliphatic rings. The van der Waals surface area contributed by atoms with Gasteiger partial charge in [0.2, 0.25) is 5.91 Å². The molecular weight excluding hydrogens is 268 g/mol. The van der Waals surface area contributed by atoms with Gasteiger partial charge < -0.3 is 14.8 Å². The second-order valence-electron chi connectivity index (χ2n) is 3.91. The predicted molar refractivity (Wildman–Crippen MR) is 72.0 cm³/mol. The lowest BCUT2D eigenvalue weighted by atomic mass is 10.2. The van der Waals surface area contributed by atoms with E-state index in [9.17, 15) is 13.6 Å². The Labute approximate surface area is 116 Å². The third kappa shape index (κ3) is 5.26. The minimum absolute atomic E-state index is 0.0462. The first kappa shape index (κ1) is 15.9. The van der Waals surface area contributed by atoms with Crippen molar-refractivity contribution < 1.29 is 23.0 Å². The Morgan fingerprint density at radius 1 is 1.40 bits per heavy atom. The molecule has 4 nitrogen and oxygen atoms in total. The number of amides is 1. The smallest absolute Gasteiger partial charge is 0.387 e. The molecule has 6 heteroatoms. The molecule has 0 heterocycles. The van der Waals surface area contributed by atoms with Crippen LogP contribution >= 0.6 is 0 Å². The second kappa shape index (κ2) is 8.14. The van der Waals surface area contributed by atoms with Gasteiger partial charge in [0.25, 0.3) is 0 Å². The molecule has 0 fully saturated rings. The van der Waals surface area contributed by atoms with Gasteiger partial charge in [0.1, 0.15) is 0 Å². The highest BCUT2D eigenvalue weighted by Gasteiger charge is 2.10. The van der Waals surface area contributed by atoms with E-state index in [4.69, 9.17) is 4.74 Å². The van der Waals surface area contributed by atoms with E-state index in [0.717, 1.165) is 6.42 Å². The van der Waals surface area contributed by atoms with E-state index in [1.807, 2.05) is 6.92 Å². The molecule has 110 valence electrons. The normalized spacial score (nSPS) is 10.8. The van der Waals surface area contributed by atoms with E-state index >= 15 is 0 Å². The largest absolute Gasteiger partial charge is 0.493 e. The van der Waals surface area contributed by atoms with E-state index in [2.05, 4.69) is 10.1 Å². The van der Waals surface area contributed by atoms with Crippen molar-refractivity contribution in [3.05, 3.63) is 29.8 Å². The third-order valence-corrected chi connectivity index (χ3v) is 2.38. The Kier molecular flexibility index (Phi) is 6.49. The summed E-state index contributed by atoms with van der Waals surface area (Å²) in [4.78, 5) is 11.4. The van der Waals surface area contributed by atoms with Gasteiger partial charge in [-0.25, -0.2) is 0 Å². The zero-order valence-electron chi connectivity index (χ0n) is 11.4. The van der Waals surface area contributed by atoms with Gasteiger partial charge >= 0.3 is 6.61 Å². The van der Waals surface area contributed by atoms with Gasteiger partial charge in [-0.1, -0.05) is 13.0 Å². The second-order valence-corrected chi connectivity index (χ2v) is 3.91. The molecular formula is C14H17F2NO3. The van der Waals surface area contributed by atoms with Crippen LogP contribution in [0, 0.1) is 0 Å². The Bertz CT molecular complexity index is 475. The van der Waals surface area contributed by atoms with Crippen LogP contribution < -0.4 is 14.8 Å². The quantitative estimate of drug-likeness (QED) is 0.784. The summed E-state index contributed by atoms with van der Waals surface area (Å²) in [6, 6.07) is 4.44. The number of rotatable bonds is 7. The monoisotopic (exact) mass is 285 g/mol. The molecule has 0 saturated carbocycles. The summed E-state index contributed by atoms with van der Waals surface area (Å²) < 4.78 is 33.6. The first-order valence-corrected chi connectivity index (χ1v) is 6.15. The van der Waals surface area contributed by atoms with Crippen molar-refractivity contribution in [1.82, 2.24) is 5.32 Å². The lowest BCUT2D eigenvalue weighted by molar-refractivity contribution is -0.116. The summed E-state index contributed by atoms with van der Waals surface area (Å²) in [6.07, 6.45) is 3.80. The summed E-state index contributed by atoms with van der Waals surface area (Å²) in [5.74, 6) is -0.0739. The van der Waals surface area contributed by atoms with Crippen molar-refractivity contribution in [1.29, 1.82) is 0 Å². The molecule has 0 atom stereocenters. The fourth-order valence-corrected chi connectivity index (χ4v) is 1.46. The van der Waals surface area contributed by atoms with E-state index in [-0.39, 0.29) is 17.4 Å². The lowest BCUT2D eigenvalue weighted by Crippen LogP contribution is -2.21. The van der Waals surface area contributed by atoms with Crippen molar-refractivity contribution in [3.63, 3.8) is 0 Å². The van der Waals surface area contributed by atoms with Crippen LogP contribution in [-0.2, 0) is 4.79 Å². The van der Waals surface area contributed by atoms with Gasteiger partial charge in [0.05, 0.1) is 7.11 Å². The van der Waals surface area contributed by atoms with Crippen LogP contribution in [0.15, 0.2) is 24.3 Å². The Balaban J connectivity index is 2.77. The molecule has 1 N–H and O–H groups in total. The number of hydrogen-bond acceptors (Lipinski definition) is 3. The molecule has 0 aliphatic carbocycles. The zero-order chi connectivity index (χ0) is 15.0. The van der Waals surface area contributed by atoms with Gasteiger partial charge in [0.15, 0.2) is 11.5 Å². The van der Waals surface area contributed by atoms with Crippen molar-refractivity contribution in [2.45, 2.75) is 20.0 Å². The number of hydrogen-bond donors (Lipinski definition) is 1. The standard InChI is InChI=1S/C14H17F2NO3/c1-3-8-17-13(18)7-5-10-4-6-11(20-14(15)16)12(9-10)19-2/h4-7,9,14H,3,8H2,1-2H3,(H,17,18)/b7-5+. The number of alkyl halides is 2. The van der Waals surface area contributed by atoms with Crippen molar-refractivity contribution in [3.8, 4) is 11.5 Å². The molecule has 0 aromatic heterocycles. The number of carbonyl (C=O) groups excluding carboxylic acids is 1. The van der Waals surface area contributed by atoms with Gasteiger partial charge in [-0.15, -0.1) is 0 Å². The summed E-state index contributed by atoms with van der Waals surface area (Å²) in [5, 5.41) is 2.69. The van der Waals surface area contributed by atoms with Crippen molar-refractivity contribution >= 4 is 12.0 Å². The maximum atomic E-state index is 12.2. The molecule has 1 aromatic rings. The minimum Gasteiger partial charge on any atom is -0.493 e. The maximum absolute atomic E-state index is 12.2. The first-order valence-electron chi connectivity index (χ1n) is 6.15. The number of nitrogens with one attached hydrogen (secondary N) is 1. The summed E-state index contributed by atoms with van der Waals surface area (Å²) in [6.45, 7) is -0.352. The average molecular weight is 285 g/mol. The molecule has 0 bridgehead atoms. The highest BCUT2D eigenvalue weighted by atomic mass is 19.3. The van der Waals surface area contributed by atoms with Crippen LogP contribution in [0.3, 0.4) is 0 Å². The predicted octanol–water partition coefficient (Wildman–Crippen LogP) is 2.84. The molecule has 1 amide bonds. The highest BCUT2D eigenvalue weighted by molar-refractivity contribution is 5.91. The fourth-order valence-electron chi connectivity index (χ4n) is 1.46. The van der Waals surface area contributed by atoms with E-state index in [1.165, 1.54) is 25.3 Å². The molecule has 0 unspecified atom stereocenters. The van der Waals surface area contributed by atoms with E-state index < -0.39 is 6.61 Å². The number of ether oxygens (including phenoxy) is 2. The SMILES string of the molecule is CCCNC(=O)/C=C/c1ccc(OC(F)F)c(OC)c1. The molecule has 1 aromatic carbocycles. The lowest BCUT2D eigenvalue weighted by Gasteiger charge is -2.10. The fraction of sp³-hybridized carbons (Fsp3) is 0.357. The van der Waals surface area contributed by atoms with E-state index in [1.54, 1.807) is 12.1 Å². The van der Waals surface area contributed by atoms with Crippen molar-refractivity contribution in [2.75, 3.05) is 13.7 Å². The Hall–Kier alpha value is -2.11.